The highest BCUT2D eigenvalue weighted by molar-refractivity contribution is 9.10. The number of benzene rings is 2. The Kier molecular flexibility index (Phi) is 3.39. The first-order chi connectivity index (χ1) is 10.2. The lowest BCUT2D eigenvalue weighted by molar-refractivity contribution is 0.504. The lowest BCUT2D eigenvalue weighted by atomic mass is 9.80. The Morgan fingerprint density at radius 3 is 2.90 bits per heavy atom. The average molecular weight is 362 g/mol. The van der Waals surface area contributed by atoms with Gasteiger partial charge in [0, 0.05) is 9.86 Å². The number of allylic oxidation sites excluding steroid dienone is 1. The maximum Gasteiger partial charge on any atom is 0.0635 e. The van der Waals surface area contributed by atoms with Crippen LogP contribution in [-0.2, 0) is 19.3 Å². The van der Waals surface area contributed by atoms with Crippen LogP contribution in [0.15, 0.2) is 22.7 Å². The molecule has 0 heterocycles. The zero-order chi connectivity index (χ0) is 14.6. The molecule has 0 fully saturated rings. The van der Waals surface area contributed by atoms with Gasteiger partial charge in [-0.15, -0.1) is 0 Å². The molecule has 4 rings (SSSR count). The van der Waals surface area contributed by atoms with Gasteiger partial charge in [-0.2, -0.15) is 0 Å². The summed E-state index contributed by atoms with van der Waals surface area (Å²) in [7, 11) is 0. The third-order valence-corrected chi connectivity index (χ3v) is 6.44. The molecule has 1 unspecified atom stereocenters. The van der Waals surface area contributed by atoms with Crippen LogP contribution < -0.4 is 0 Å². The van der Waals surface area contributed by atoms with Crippen molar-refractivity contribution in [3.8, 4) is 0 Å². The van der Waals surface area contributed by atoms with Crippen molar-refractivity contribution in [2.24, 2.45) is 5.92 Å². The van der Waals surface area contributed by atoms with Gasteiger partial charge >= 0.3 is 0 Å². The summed E-state index contributed by atoms with van der Waals surface area (Å²) in [5, 5.41) is 3.58. The number of rotatable bonds is 0. The van der Waals surface area contributed by atoms with E-state index in [4.69, 9.17) is 11.6 Å². The van der Waals surface area contributed by atoms with E-state index in [2.05, 4.69) is 47.1 Å². The molecule has 21 heavy (non-hydrogen) atoms. The molecule has 0 N–H and O–H groups in total. The fourth-order valence-electron chi connectivity index (χ4n) is 3.89. The maximum atomic E-state index is 6.77. The van der Waals surface area contributed by atoms with Crippen molar-refractivity contribution in [1.82, 2.24) is 0 Å². The van der Waals surface area contributed by atoms with Crippen LogP contribution in [0.1, 0.15) is 42.0 Å². The van der Waals surface area contributed by atoms with Crippen molar-refractivity contribution < 1.29 is 0 Å². The Balaban J connectivity index is 2.11. The van der Waals surface area contributed by atoms with Crippen LogP contribution in [0.25, 0.3) is 16.8 Å². The normalized spacial score (nSPS) is 20.4. The van der Waals surface area contributed by atoms with Gasteiger partial charge in [0.15, 0.2) is 0 Å². The number of hydrogen-bond acceptors (Lipinski definition) is 0. The lowest BCUT2D eigenvalue weighted by Crippen LogP contribution is -2.12. The molecule has 0 aliphatic heterocycles. The van der Waals surface area contributed by atoms with E-state index in [1.54, 1.807) is 0 Å². The second kappa shape index (κ2) is 5.14. The fourth-order valence-corrected chi connectivity index (χ4v) is 4.78. The predicted molar refractivity (Wildman–Crippen MR) is 95.2 cm³/mol. The van der Waals surface area contributed by atoms with E-state index in [-0.39, 0.29) is 0 Å². The topological polar surface area (TPSA) is 0 Å². The van der Waals surface area contributed by atoms with E-state index in [1.807, 2.05) is 0 Å². The van der Waals surface area contributed by atoms with Gasteiger partial charge in [0.1, 0.15) is 0 Å². The molecule has 2 aliphatic carbocycles. The molecular formula is C19H18BrCl. The van der Waals surface area contributed by atoms with E-state index >= 15 is 0 Å². The molecule has 0 amide bonds. The molecule has 2 aliphatic rings. The first-order valence-corrected chi connectivity index (χ1v) is 8.94. The van der Waals surface area contributed by atoms with Crippen LogP contribution in [0.4, 0.5) is 0 Å². The second-order valence-corrected chi connectivity index (χ2v) is 7.61. The van der Waals surface area contributed by atoms with Gasteiger partial charge in [0.05, 0.1) is 5.02 Å². The smallest absolute Gasteiger partial charge is 0.0635 e. The lowest BCUT2D eigenvalue weighted by Gasteiger charge is -2.26. The minimum Gasteiger partial charge on any atom is -0.0836 e. The van der Waals surface area contributed by atoms with Crippen molar-refractivity contribution >= 4 is 44.4 Å². The molecule has 0 bridgehead atoms. The van der Waals surface area contributed by atoms with E-state index in [9.17, 15) is 0 Å². The van der Waals surface area contributed by atoms with Gasteiger partial charge in [-0.25, -0.2) is 0 Å². The number of halogens is 2. The van der Waals surface area contributed by atoms with E-state index in [0.717, 1.165) is 34.7 Å². The molecule has 2 heteroatoms. The van der Waals surface area contributed by atoms with Crippen molar-refractivity contribution in [2.45, 2.75) is 39.0 Å². The summed E-state index contributed by atoms with van der Waals surface area (Å²) in [6.07, 6.45) is 10.4. The third-order valence-electron chi connectivity index (χ3n) is 5.01. The molecule has 0 radical (unpaired) electrons. The Morgan fingerprint density at radius 1 is 1.19 bits per heavy atom. The molecule has 0 saturated carbocycles. The molecular weight excluding hydrogens is 344 g/mol. The van der Waals surface area contributed by atoms with Gasteiger partial charge in [0.25, 0.3) is 0 Å². The summed E-state index contributed by atoms with van der Waals surface area (Å²) in [6, 6.07) is 4.65. The van der Waals surface area contributed by atoms with Gasteiger partial charge in [-0.05, 0) is 81.6 Å². The van der Waals surface area contributed by atoms with Crippen LogP contribution in [0, 0.1) is 5.92 Å². The van der Waals surface area contributed by atoms with Crippen LogP contribution in [-0.4, -0.2) is 0 Å². The van der Waals surface area contributed by atoms with Crippen LogP contribution in [0.3, 0.4) is 0 Å². The molecule has 0 spiro atoms. The van der Waals surface area contributed by atoms with Crippen molar-refractivity contribution in [1.29, 1.82) is 0 Å². The summed E-state index contributed by atoms with van der Waals surface area (Å²) < 4.78 is 1.08. The molecule has 1 atom stereocenters. The Labute approximate surface area is 139 Å². The van der Waals surface area contributed by atoms with E-state index < -0.39 is 0 Å². The summed E-state index contributed by atoms with van der Waals surface area (Å²) in [5.74, 6) is 0.758. The van der Waals surface area contributed by atoms with Gasteiger partial charge < -0.3 is 0 Å². The monoisotopic (exact) mass is 360 g/mol. The molecule has 0 saturated heterocycles. The first-order valence-electron chi connectivity index (χ1n) is 7.77. The standard InChI is InChI=1S/C19H18BrCl/c1-11-6-7-12-8-9-14-13-4-2-3-5-15(13)18(20)19(21)17(14)16(12)10-11/h3,5,8-9,11H,2,4,6-7,10H2,1H3. The highest BCUT2D eigenvalue weighted by Crippen LogP contribution is 2.44. The summed E-state index contributed by atoms with van der Waals surface area (Å²) in [5.41, 5.74) is 5.74. The first kappa shape index (κ1) is 13.8. The zero-order valence-electron chi connectivity index (χ0n) is 12.2. The Morgan fingerprint density at radius 2 is 2.05 bits per heavy atom. The molecule has 2 aromatic carbocycles. The third kappa shape index (κ3) is 2.09. The SMILES string of the molecule is CC1CCc2ccc3c4c(c(Br)c(Cl)c3c2C1)C=CCC4. The summed E-state index contributed by atoms with van der Waals surface area (Å²) in [6.45, 7) is 2.35. The van der Waals surface area contributed by atoms with Crippen molar-refractivity contribution in [3.63, 3.8) is 0 Å². The maximum absolute atomic E-state index is 6.77. The largest absolute Gasteiger partial charge is 0.0836 e. The van der Waals surface area contributed by atoms with Gasteiger partial charge in [-0.3, -0.25) is 0 Å². The highest BCUT2D eigenvalue weighted by Gasteiger charge is 2.23. The fraction of sp³-hybridized carbons (Fsp3) is 0.368. The molecule has 0 aromatic heterocycles. The van der Waals surface area contributed by atoms with Gasteiger partial charge in [-0.1, -0.05) is 42.8 Å². The van der Waals surface area contributed by atoms with Gasteiger partial charge in [0.2, 0.25) is 0 Å². The van der Waals surface area contributed by atoms with E-state index in [1.165, 1.54) is 45.9 Å². The number of fused-ring (bicyclic) bond motifs is 5. The minimum atomic E-state index is 0.758. The van der Waals surface area contributed by atoms with Crippen LogP contribution in [0.5, 0.6) is 0 Å². The Hall–Kier alpha value is -0.790. The summed E-state index contributed by atoms with van der Waals surface area (Å²) >= 11 is 10.5. The minimum absolute atomic E-state index is 0.758. The quantitative estimate of drug-likeness (QED) is 0.513. The Bertz CT molecular complexity index is 773. The predicted octanol–water partition coefficient (Wildman–Crippen LogP) is 6.34. The number of hydrogen-bond donors (Lipinski definition) is 0. The second-order valence-electron chi connectivity index (χ2n) is 6.44. The van der Waals surface area contributed by atoms with Crippen LogP contribution in [0.2, 0.25) is 5.02 Å². The molecule has 0 nitrogen and oxygen atoms in total. The average Bonchev–Trinajstić information content (AvgIpc) is 2.51. The molecule has 108 valence electrons. The zero-order valence-corrected chi connectivity index (χ0v) is 14.5. The number of aryl methyl sites for hydroxylation is 2. The van der Waals surface area contributed by atoms with E-state index in [0.29, 0.717) is 0 Å². The molecule has 2 aromatic rings. The van der Waals surface area contributed by atoms with Crippen molar-refractivity contribution in [2.75, 3.05) is 0 Å². The van der Waals surface area contributed by atoms with Crippen LogP contribution >= 0.6 is 27.5 Å². The highest BCUT2D eigenvalue weighted by atomic mass is 79.9. The van der Waals surface area contributed by atoms with Crippen molar-refractivity contribution in [3.05, 3.63) is 50.0 Å². The summed E-state index contributed by atoms with van der Waals surface area (Å²) in [4.78, 5) is 0.